The summed E-state index contributed by atoms with van der Waals surface area (Å²) in [5.74, 6) is 1.68. The molecule has 1 N–H and O–H groups in total. The van der Waals surface area contributed by atoms with Gasteiger partial charge < -0.3 is 10.1 Å². The molecule has 2 aromatic rings. The highest BCUT2D eigenvalue weighted by molar-refractivity contribution is 5.29. The van der Waals surface area contributed by atoms with E-state index in [9.17, 15) is 0 Å². The van der Waals surface area contributed by atoms with Gasteiger partial charge in [0.25, 0.3) is 5.95 Å². The molecule has 1 aliphatic rings. The van der Waals surface area contributed by atoms with Gasteiger partial charge in [-0.2, -0.15) is 24.7 Å². The van der Waals surface area contributed by atoms with E-state index in [1.54, 1.807) is 6.33 Å². The summed E-state index contributed by atoms with van der Waals surface area (Å²) in [7, 11) is 0. The molecule has 8 nitrogen and oxygen atoms in total. The van der Waals surface area contributed by atoms with Crippen LogP contribution in [0.4, 0.5) is 5.95 Å². The Hall–Kier alpha value is -2.25. The maximum atomic E-state index is 5.67. The van der Waals surface area contributed by atoms with Crippen molar-refractivity contribution in [3.8, 4) is 12.0 Å². The van der Waals surface area contributed by atoms with Crippen LogP contribution in [0, 0.1) is 5.92 Å². The topological polar surface area (TPSA) is 90.6 Å². The Morgan fingerprint density at radius 1 is 1.33 bits per heavy atom. The van der Waals surface area contributed by atoms with Crippen LogP contribution in [0.1, 0.15) is 32.6 Å². The molecule has 2 heterocycles. The quantitative estimate of drug-likeness (QED) is 0.825. The number of hydrogen-bond acceptors (Lipinski definition) is 7. The second-order valence-electron chi connectivity index (χ2n) is 5.05. The van der Waals surface area contributed by atoms with Gasteiger partial charge in [0.2, 0.25) is 5.95 Å². The molecule has 1 aliphatic carbocycles. The smallest absolute Gasteiger partial charge is 0.323 e. The van der Waals surface area contributed by atoms with E-state index in [0.717, 1.165) is 18.9 Å². The van der Waals surface area contributed by atoms with Gasteiger partial charge in [-0.05, 0) is 19.3 Å². The second kappa shape index (κ2) is 6.47. The standard InChI is InChI=1S/C13H19N7O/c1-2-15-11-17-12(20-9-14-8-16-20)19-13(18-11)21-7-6-10-4-3-5-10/h8-10H,2-7H2,1H3,(H,15,17,18,19). The molecule has 0 aromatic carbocycles. The molecule has 21 heavy (non-hydrogen) atoms. The van der Waals surface area contributed by atoms with Crippen LogP contribution in [0.25, 0.3) is 5.95 Å². The first-order valence-electron chi connectivity index (χ1n) is 7.33. The van der Waals surface area contributed by atoms with E-state index in [1.807, 2.05) is 6.92 Å². The van der Waals surface area contributed by atoms with Crippen LogP contribution in [0.2, 0.25) is 0 Å². The van der Waals surface area contributed by atoms with E-state index in [0.29, 0.717) is 24.5 Å². The fourth-order valence-corrected chi connectivity index (χ4v) is 2.16. The molecule has 0 aliphatic heterocycles. The molecule has 0 unspecified atom stereocenters. The first-order valence-corrected chi connectivity index (χ1v) is 7.33. The summed E-state index contributed by atoms with van der Waals surface area (Å²) in [5.41, 5.74) is 0. The lowest BCUT2D eigenvalue weighted by molar-refractivity contribution is 0.211. The maximum absolute atomic E-state index is 5.67. The van der Waals surface area contributed by atoms with E-state index in [-0.39, 0.29) is 0 Å². The molecule has 0 saturated heterocycles. The highest BCUT2D eigenvalue weighted by atomic mass is 16.5. The van der Waals surface area contributed by atoms with E-state index in [1.165, 1.54) is 30.3 Å². The monoisotopic (exact) mass is 289 g/mol. The zero-order chi connectivity index (χ0) is 14.5. The average molecular weight is 289 g/mol. The van der Waals surface area contributed by atoms with E-state index < -0.39 is 0 Å². The molecule has 0 amide bonds. The van der Waals surface area contributed by atoms with Crippen LogP contribution in [0.5, 0.6) is 6.01 Å². The van der Waals surface area contributed by atoms with Crippen molar-refractivity contribution in [2.24, 2.45) is 5.92 Å². The predicted octanol–water partition coefficient (Wildman–Crippen LogP) is 1.45. The molecule has 0 bridgehead atoms. The van der Waals surface area contributed by atoms with Crippen LogP contribution in [-0.2, 0) is 0 Å². The SMILES string of the molecule is CCNc1nc(OCCC2CCC2)nc(-n2cncn2)n1. The fourth-order valence-electron chi connectivity index (χ4n) is 2.16. The minimum Gasteiger partial charge on any atom is -0.463 e. The van der Waals surface area contributed by atoms with Gasteiger partial charge in [-0.15, -0.1) is 0 Å². The summed E-state index contributed by atoms with van der Waals surface area (Å²) in [5, 5.41) is 7.10. The summed E-state index contributed by atoms with van der Waals surface area (Å²) < 4.78 is 7.16. The number of hydrogen-bond donors (Lipinski definition) is 1. The van der Waals surface area contributed by atoms with Crippen molar-refractivity contribution in [3.63, 3.8) is 0 Å². The highest BCUT2D eigenvalue weighted by Gasteiger charge is 2.17. The Morgan fingerprint density at radius 3 is 2.90 bits per heavy atom. The van der Waals surface area contributed by atoms with Crippen molar-refractivity contribution in [1.29, 1.82) is 0 Å². The predicted molar refractivity (Wildman–Crippen MR) is 76.4 cm³/mol. The van der Waals surface area contributed by atoms with Crippen LogP contribution < -0.4 is 10.1 Å². The minimum atomic E-state index is 0.325. The Balaban J connectivity index is 1.71. The zero-order valence-electron chi connectivity index (χ0n) is 12.1. The first kappa shape index (κ1) is 13.7. The Morgan fingerprint density at radius 2 is 2.24 bits per heavy atom. The molecular weight excluding hydrogens is 270 g/mol. The average Bonchev–Trinajstić information content (AvgIpc) is 2.96. The van der Waals surface area contributed by atoms with Gasteiger partial charge in [-0.25, -0.2) is 4.98 Å². The zero-order valence-corrected chi connectivity index (χ0v) is 12.1. The van der Waals surface area contributed by atoms with Gasteiger partial charge in [0.05, 0.1) is 6.61 Å². The lowest BCUT2D eigenvalue weighted by Gasteiger charge is -2.24. The molecule has 3 rings (SSSR count). The van der Waals surface area contributed by atoms with Crippen molar-refractivity contribution in [3.05, 3.63) is 12.7 Å². The molecule has 112 valence electrons. The van der Waals surface area contributed by atoms with Crippen molar-refractivity contribution < 1.29 is 4.74 Å². The molecule has 0 atom stereocenters. The first-order chi connectivity index (χ1) is 10.3. The number of nitrogens with one attached hydrogen (secondary N) is 1. The van der Waals surface area contributed by atoms with Crippen LogP contribution in [-0.4, -0.2) is 42.9 Å². The molecule has 1 fully saturated rings. The molecule has 0 radical (unpaired) electrons. The summed E-state index contributed by atoms with van der Waals surface area (Å²) in [6.07, 6.45) is 8.01. The maximum Gasteiger partial charge on any atom is 0.323 e. The Bertz CT molecular complexity index is 568. The normalized spacial score (nSPS) is 14.7. The van der Waals surface area contributed by atoms with Gasteiger partial charge in [0.15, 0.2) is 0 Å². The Kier molecular flexibility index (Phi) is 4.23. The van der Waals surface area contributed by atoms with Crippen LogP contribution >= 0.6 is 0 Å². The third-order valence-electron chi connectivity index (χ3n) is 3.54. The number of aromatic nitrogens is 6. The fraction of sp³-hybridized carbons (Fsp3) is 0.615. The lowest BCUT2D eigenvalue weighted by Crippen LogP contribution is -2.16. The lowest BCUT2D eigenvalue weighted by atomic mass is 9.83. The number of anilines is 1. The van der Waals surface area contributed by atoms with Gasteiger partial charge in [0, 0.05) is 6.54 Å². The van der Waals surface area contributed by atoms with Crippen LogP contribution in [0.15, 0.2) is 12.7 Å². The third kappa shape index (κ3) is 3.45. The summed E-state index contributed by atoms with van der Waals surface area (Å²) >= 11 is 0. The molecule has 2 aromatic heterocycles. The molecular formula is C13H19N7O. The number of nitrogens with zero attached hydrogens (tertiary/aromatic N) is 6. The van der Waals surface area contributed by atoms with Gasteiger partial charge in [0.1, 0.15) is 12.7 Å². The summed E-state index contributed by atoms with van der Waals surface area (Å²) in [6, 6.07) is 0.325. The second-order valence-corrected chi connectivity index (χ2v) is 5.05. The number of rotatable bonds is 7. The molecule has 8 heteroatoms. The largest absolute Gasteiger partial charge is 0.463 e. The summed E-state index contributed by atoms with van der Waals surface area (Å²) in [6.45, 7) is 3.34. The minimum absolute atomic E-state index is 0.325. The highest BCUT2D eigenvalue weighted by Crippen LogP contribution is 2.29. The van der Waals surface area contributed by atoms with Crippen molar-refractivity contribution in [2.75, 3.05) is 18.5 Å². The van der Waals surface area contributed by atoms with E-state index in [2.05, 4.69) is 30.4 Å². The summed E-state index contributed by atoms with van der Waals surface area (Å²) in [4.78, 5) is 16.7. The van der Waals surface area contributed by atoms with Gasteiger partial charge >= 0.3 is 6.01 Å². The van der Waals surface area contributed by atoms with Crippen molar-refractivity contribution >= 4 is 5.95 Å². The Labute approximate surface area is 123 Å². The van der Waals surface area contributed by atoms with Crippen molar-refractivity contribution in [1.82, 2.24) is 29.7 Å². The van der Waals surface area contributed by atoms with Gasteiger partial charge in [-0.1, -0.05) is 19.3 Å². The molecule has 1 saturated carbocycles. The van der Waals surface area contributed by atoms with Crippen LogP contribution in [0.3, 0.4) is 0 Å². The third-order valence-corrected chi connectivity index (χ3v) is 3.54. The van der Waals surface area contributed by atoms with Crippen molar-refractivity contribution in [2.45, 2.75) is 32.6 Å². The molecule has 0 spiro atoms. The van der Waals surface area contributed by atoms with Gasteiger partial charge in [-0.3, -0.25) is 0 Å². The van der Waals surface area contributed by atoms with E-state index >= 15 is 0 Å². The van der Waals surface area contributed by atoms with E-state index in [4.69, 9.17) is 4.74 Å². The number of ether oxygens (including phenoxy) is 1.